The molecule has 1 aromatic heterocycles. The molecule has 2 saturated heterocycles. The topological polar surface area (TPSA) is 87.5 Å². The maximum Gasteiger partial charge on any atom is 0.344 e. The van der Waals surface area contributed by atoms with E-state index in [2.05, 4.69) is 14.7 Å². The molecule has 4 rings (SSSR count). The first-order chi connectivity index (χ1) is 13.3. The summed E-state index contributed by atoms with van der Waals surface area (Å²) < 4.78 is 26.1. The van der Waals surface area contributed by atoms with E-state index in [4.69, 9.17) is 11.6 Å². The van der Waals surface area contributed by atoms with Crippen molar-refractivity contribution in [3.8, 4) is 0 Å². The van der Waals surface area contributed by atoms with Crippen molar-refractivity contribution in [3.05, 3.63) is 47.2 Å². The average molecular weight is 424 g/mol. The number of halogens is 1. The molecule has 28 heavy (non-hydrogen) atoms. The summed E-state index contributed by atoms with van der Waals surface area (Å²) in [6, 6.07) is 7.65. The van der Waals surface area contributed by atoms with E-state index in [1.165, 1.54) is 17.1 Å². The van der Waals surface area contributed by atoms with Gasteiger partial charge < -0.3 is 4.90 Å². The lowest BCUT2D eigenvalue weighted by Gasteiger charge is -2.21. The van der Waals surface area contributed by atoms with Crippen molar-refractivity contribution in [2.24, 2.45) is 11.8 Å². The second kappa shape index (κ2) is 7.38. The van der Waals surface area contributed by atoms with Gasteiger partial charge in [0.15, 0.2) is 0 Å². The van der Waals surface area contributed by atoms with Gasteiger partial charge in [0.05, 0.1) is 24.3 Å². The molecular formula is C18H22ClN5O3S. The molecule has 1 amide bonds. The highest BCUT2D eigenvalue weighted by atomic mass is 35.5. The first kappa shape index (κ1) is 19.2. The quantitative estimate of drug-likeness (QED) is 0.811. The minimum Gasteiger partial charge on any atom is -0.322 e. The molecule has 2 atom stereocenters. The molecule has 3 heterocycles. The van der Waals surface area contributed by atoms with Gasteiger partial charge in [0, 0.05) is 37.7 Å². The Hall–Kier alpha value is -2.10. The zero-order valence-corrected chi connectivity index (χ0v) is 17.0. The van der Waals surface area contributed by atoms with Gasteiger partial charge in [-0.05, 0) is 23.5 Å². The van der Waals surface area contributed by atoms with Crippen molar-refractivity contribution in [2.75, 3.05) is 37.2 Å². The fourth-order valence-electron chi connectivity index (χ4n) is 4.08. The summed E-state index contributed by atoms with van der Waals surface area (Å²) in [5.41, 5.74) is 1.40. The van der Waals surface area contributed by atoms with Crippen LogP contribution in [0.3, 0.4) is 0 Å². The van der Waals surface area contributed by atoms with Crippen molar-refractivity contribution in [3.63, 3.8) is 0 Å². The Labute approximate surface area is 169 Å². The summed E-state index contributed by atoms with van der Waals surface area (Å²) in [6.07, 6.45) is 3.80. The second-order valence-corrected chi connectivity index (χ2v) is 9.70. The van der Waals surface area contributed by atoms with Crippen molar-refractivity contribution >= 4 is 33.3 Å². The van der Waals surface area contributed by atoms with E-state index in [-0.39, 0.29) is 11.7 Å². The number of sulfonamides is 1. The summed E-state index contributed by atoms with van der Waals surface area (Å²) in [6.45, 7) is 4.04. The van der Waals surface area contributed by atoms with Gasteiger partial charge >= 0.3 is 6.03 Å². The van der Waals surface area contributed by atoms with Crippen LogP contribution in [0.1, 0.15) is 5.56 Å². The molecule has 2 fully saturated rings. The third-order valence-corrected chi connectivity index (χ3v) is 6.24. The van der Waals surface area contributed by atoms with Gasteiger partial charge in [0.2, 0.25) is 10.0 Å². The molecular weight excluding hydrogens is 402 g/mol. The standard InChI is InChI=1S/C18H22ClN5O3S/c1-28(26,27)21-16-6-20-24(12-16)18(25)23-10-14-8-22(9-15(14)11-23)7-13-4-2-3-5-17(13)19/h2-6,12,14-15,21H,7-11H2,1H3. The molecule has 0 spiro atoms. The highest BCUT2D eigenvalue weighted by molar-refractivity contribution is 7.92. The van der Waals surface area contributed by atoms with Crippen molar-refractivity contribution in [1.82, 2.24) is 19.6 Å². The fraction of sp³-hybridized carbons (Fsp3) is 0.444. The van der Waals surface area contributed by atoms with Gasteiger partial charge in [-0.2, -0.15) is 9.78 Å². The molecule has 150 valence electrons. The van der Waals surface area contributed by atoms with Crippen LogP contribution in [0.25, 0.3) is 0 Å². The Morgan fingerprint density at radius 1 is 1.21 bits per heavy atom. The van der Waals surface area contributed by atoms with E-state index in [9.17, 15) is 13.2 Å². The first-order valence-corrected chi connectivity index (χ1v) is 11.3. The molecule has 1 aromatic carbocycles. The molecule has 2 aliphatic rings. The van der Waals surface area contributed by atoms with Crippen LogP contribution in [0.15, 0.2) is 36.7 Å². The summed E-state index contributed by atoms with van der Waals surface area (Å²) in [7, 11) is -3.40. The van der Waals surface area contributed by atoms with Crippen molar-refractivity contribution < 1.29 is 13.2 Å². The average Bonchev–Trinajstić information content (AvgIpc) is 3.29. The van der Waals surface area contributed by atoms with Crippen molar-refractivity contribution in [2.45, 2.75) is 6.54 Å². The predicted molar refractivity (Wildman–Crippen MR) is 107 cm³/mol. The molecule has 2 unspecified atom stereocenters. The number of hydrogen-bond donors (Lipinski definition) is 1. The molecule has 0 saturated carbocycles. The maximum atomic E-state index is 12.7. The number of likely N-dealkylation sites (tertiary alicyclic amines) is 2. The van der Waals surface area contributed by atoms with Crippen LogP contribution in [-0.2, 0) is 16.6 Å². The van der Waals surface area contributed by atoms with E-state index in [1.54, 1.807) is 4.90 Å². The molecule has 10 heteroatoms. The number of amides is 1. The van der Waals surface area contributed by atoms with Gasteiger partial charge in [-0.1, -0.05) is 29.8 Å². The van der Waals surface area contributed by atoms with E-state index >= 15 is 0 Å². The summed E-state index contributed by atoms with van der Waals surface area (Å²) >= 11 is 6.27. The van der Waals surface area contributed by atoms with Crippen LogP contribution >= 0.6 is 11.6 Å². The molecule has 1 N–H and O–H groups in total. The zero-order valence-electron chi connectivity index (χ0n) is 15.5. The summed E-state index contributed by atoms with van der Waals surface area (Å²) in [4.78, 5) is 16.9. The lowest BCUT2D eigenvalue weighted by Crippen LogP contribution is -2.36. The van der Waals surface area contributed by atoms with Gasteiger partial charge in [-0.15, -0.1) is 0 Å². The van der Waals surface area contributed by atoms with Crippen LogP contribution in [0.5, 0.6) is 0 Å². The number of nitrogens with one attached hydrogen (secondary N) is 1. The number of benzene rings is 1. The minimum absolute atomic E-state index is 0.228. The van der Waals surface area contributed by atoms with Crippen molar-refractivity contribution in [1.29, 1.82) is 0 Å². The molecule has 0 bridgehead atoms. The number of anilines is 1. The maximum absolute atomic E-state index is 12.7. The number of carbonyl (C=O) groups excluding carboxylic acids is 1. The second-order valence-electron chi connectivity index (χ2n) is 7.54. The minimum atomic E-state index is -3.40. The number of hydrogen-bond acceptors (Lipinski definition) is 5. The molecule has 0 aliphatic carbocycles. The Kier molecular flexibility index (Phi) is 5.07. The number of rotatable bonds is 4. The van der Waals surface area contributed by atoms with E-state index < -0.39 is 10.0 Å². The highest BCUT2D eigenvalue weighted by Gasteiger charge is 2.42. The first-order valence-electron chi connectivity index (χ1n) is 9.06. The van der Waals surface area contributed by atoms with Crippen LogP contribution in [0.2, 0.25) is 5.02 Å². The number of fused-ring (bicyclic) bond motifs is 1. The van der Waals surface area contributed by atoms with Gasteiger partial charge in [0.25, 0.3) is 0 Å². The largest absolute Gasteiger partial charge is 0.344 e. The van der Waals surface area contributed by atoms with Gasteiger partial charge in [-0.3, -0.25) is 9.62 Å². The molecule has 2 aliphatic heterocycles. The Bertz CT molecular complexity index is 979. The zero-order chi connectivity index (χ0) is 19.9. The van der Waals surface area contributed by atoms with Crippen LogP contribution in [-0.4, -0.2) is 66.5 Å². The molecule has 0 radical (unpaired) electrons. The van der Waals surface area contributed by atoms with Gasteiger partial charge in [0.1, 0.15) is 0 Å². The fourth-order valence-corrected chi connectivity index (χ4v) is 4.81. The molecule has 8 nitrogen and oxygen atoms in total. The third kappa shape index (κ3) is 4.16. The highest BCUT2D eigenvalue weighted by Crippen LogP contribution is 2.33. The Balaban J connectivity index is 1.35. The van der Waals surface area contributed by atoms with E-state index in [1.807, 2.05) is 24.3 Å². The Morgan fingerprint density at radius 2 is 1.89 bits per heavy atom. The third-order valence-electron chi connectivity index (χ3n) is 5.27. The van der Waals surface area contributed by atoms with Crippen LogP contribution in [0, 0.1) is 11.8 Å². The number of nitrogens with zero attached hydrogens (tertiary/aromatic N) is 4. The van der Waals surface area contributed by atoms with E-state index in [0.717, 1.165) is 36.5 Å². The number of carbonyl (C=O) groups is 1. The summed E-state index contributed by atoms with van der Waals surface area (Å²) in [5.74, 6) is 0.853. The normalized spacial score (nSPS) is 22.4. The van der Waals surface area contributed by atoms with Gasteiger partial charge in [-0.25, -0.2) is 13.2 Å². The lowest BCUT2D eigenvalue weighted by molar-refractivity contribution is 0.197. The predicted octanol–water partition coefficient (Wildman–Crippen LogP) is 1.94. The summed E-state index contributed by atoms with van der Waals surface area (Å²) in [5, 5.41) is 4.78. The monoisotopic (exact) mass is 423 g/mol. The molecule has 2 aromatic rings. The lowest BCUT2D eigenvalue weighted by atomic mass is 10.0. The number of aromatic nitrogens is 2. The Morgan fingerprint density at radius 3 is 2.54 bits per heavy atom. The van der Waals surface area contributed by atoms with Crippen LogP contribution in [0.4, 0.5) is 10.5 Å². The SMILES string of the molecule is CS(=O)(=O)Nc1cnn(C(=O)N2CC3CN(Cc4ccccc4Cl)CC3C2)c1. The van der Waals surface area contributed by atoms with E-state index in [0.29, 0.717) is 24.9 Å². The smallest absolute Gasteiger partial charge is 0.322 e. The van der Waals surface area contributed by atoms with Crippen LogP contribution < -0.4 is 4.72 Å².